The van der Waals surface area contributed by atoms with Gasteiger partial charge < -0.3 is 4.74 Å². The second kappa shape index (κ2) is 6.58. The maximum atomic E-state index is 12.1. The number of carbonyl (C=O) groups excluding carboxylic acids is 1. The molecule has 0 unspecified atom stereocenters. The third kappa shape index (κ3) is 3.07. The number of halogens is 1. The Morgan fingerprint density at radius 1 is 0.957 bits per heavy atom. The summed E-state index contributed by atoms with van der Waals surface area (Å²) in [6.07, 6.45) is 1.36. The highest BCUT2D eigenvalue weighted by atomic mass is 35.5. The Hall–Kier alpha value is -2.72. The minimum absolute atomic E-state index is 0.235. The molecule has 0 aliphatic carbocycles. The van der Waals surface area contributed by atoms with Crippen LogP contribution < -0.4 is 0 Å². The van der Waals surface area contributed by atoms with Crippen molar-refractivity contribution in [3.63, 3.8) is 0 Å². The molecule has 3 rings (SSSR count). The Bertz CT molecular complexity index is 833. The Balaban J connectivity index is 2.27. The molecule has 0 N–H and O–H groups in total. The summed E-state index contributed by atoms with van der Waals surface area (Å²) >= 11 is 5.95. The van der Waals surface area contributed by atoms with E-state index in [9.17, 15) is 4.79 Å². The summed E-state index contributed by atoms with van der Waals surface area (Å²) < 4.78 is 4.86. The first-order valence-corrected chi connectivity index (χ1v) is 7.33. The van der Waals surface area contributed by atoms with Crippen LogP contribution in [0.2, 0.25) is 5.02 Å². The quantitative estimate of drug-likeness (QED) is 0.676. The number of methoxy groups -OCH3 is 1. The van der Waals surface area contributed by atoms with Crippen LogP contribution in [0.3, 0.4) is 0 Å². The van der Waals surface area contributed by atoms with Crippen LogP contribution in [-0.2, 0) is 4.74 Å². The average molecular weight is 325 g/mol. The zero-order chi connectivity index (χ0) is 16.2. The minimum Gasteiger partial charge on any atom is -0.464 e. The monoisotopic (exact) mass is 324 g/mol. The van der Waals surface area contributed by atoms with E-state index in [1.165, 1.54) is 13.4 Å². The highest BCUT2D eigenvalue weighted by molar-refractivity contribution is 6.30. The number of ether oxygens (including phenoxy) is 1. The van der Waals surface area contributed by atoms with Crippen molar-refractivity contribution in [3.8, 4) is 22.4 Å². The zero-order valence-electron chi connectivity index (χ0n) is 12.4. The molecular formula is C18H13ClN2O2. The number of carbonyl (C=O) groups is 1. The smallest absolute Gasteiger partial charge is 0.357 e. The minimum atomic E-state index is -0.499. The van der Waals surface area contributed by atoms with Gasteiger partial charge in [-0.1, -0.05) is 54.1 Å². The lowest BCUT2D eigenvalue weighted by Crippen LogP contribution is -2.08. The molecule has 0 amide bonds. The highest BCUT2D eigenvalue weighted by Gasteiger charge is 2.20. The van der Waals surface area contributed by atoms with Crippen LogP contribution in [0.25, 0.3) is 22.4 Å². The predicted octanol–water partition coefficient (Wildman–Crippen LogP) is 4.25. The average Bonchev–Trinajstić information content (AvgIpc) is 2.62. The topological polar surface area (TPSA) is 52.1 Å². The molecule has 1 heterocycles. The van der Waals surface area contributed by atoms with Gasteiger partial charge in [0.05, 0.1) is 12.8 Å². The van der Waals surface area contributed by atoms with Gasteiger partial charge in [0.1, 0.15) is 6.33 Å². The molecule has 0 saturated carbocycles. The number of hydrogen-bond donors (Lipinski definition) is 0. The third-order valence-corrected chi connectivity index (χ3v) is 3.66. The van der Waals surface area contributed by atoms with E-state index < -0.39 is 5.97 Å². The van der Waals surface area contributed by atoms with Crippen LogP contribution in [-0.4, -0.2) is 23.0 Å². The molecule has 0 saturated heterocycles. The van der Waals surface area contributed by atoms with Crippen molar-refractivity contribution < 1.29 is 9.53 Å². The molecule has 0 spiro atoms. The van der Waals surface area contributed by atoms with Crippen molar-refractivity contribution in [2.24, 2.45) is 0 Å². The molecule has 2 aromatic carbocycles. The fourth-order valence-corrected chi connectivity index (χ4v) is 2.47. The van der Waals surface area contributed by atoms with Crippen LogP contribution in [0.4, 0.5) is 0 Å². The van der Waals surface area contributed by atoms with Crippen LogP contribution in [0.15, 0.2) is 60.9 Å². The maximum absolute atomic E-state index is 12.1. The Labute approximate surface area is 138 Å². The molecular weight excluding hydrogens is 312 g/mol. The van der Waals surface area contributed by atoms with Crippen LogP contribution in [0.5, 0.6) is 0 Å². The predicted molar refractivity (Wildman–Crippen MR) is 89.3 cm³/mol. The van der Waals surface area contributed by atoms with Crippen molar-refractivity contribution in [3.05, 3.63) is 71.6 Å². The first kappa shape index (κ1) is 15.2. The lowest BCUT2D eigenvalue weighted by Gasteiger charge is -2.12. The van der Waals surface area contributed by atoms with Crippen LogP contribution in [0, 0.1) is 0 Å². The van der Waals surface area contributed by atoms with Crippen LogP contribution >= 0.6 is 11.6 Å². The zero-order valence-corrected chi connectivity index (χ0v) is 13.1. The summed E-state index contributed by atoms with van der Waals surface area (Å²) in [4.78, 5) is 20.6. The SMILES string of the molecule is COC(=O)c1ncnc(-c2ccc(Cl)cc2)c1-c1ccccc1. The molecule has 23 heavy (non-hydrogen) atoms. The molecule has 4 nitrogen and oxygen atoms in total. The van der Waals surface area contributed by atoms with E-state index in [0.717, 1.165) is 11.1 Å². The Morgan fingerprint density at radius 2 is 1.65 bits per heavy atom. The molecule has 0 bridgehead atoms. The fourth-order valence-electron chi connectivity index (χ4n) is 2.34. The van der Waals surface area contributed by atoms with Gasteiger partial charge >= 0.3 is 5.97 Å². The van der Waals surface area contributed by atoms with Crippen molar-refractivity contribution in [2.75, 3.05) is 7.11 Å². The van der Waals surface area contributed by atoms with E-state index in [4.69, 9.17) is 16.3 Å². The van der Waals surface area contributed by atoms with Gasteiger partial charge in [-0.2, -0.15) is 0 Å². The van der Waals surface area contributed by atoms with Gasteiger partial charge in [-0.05, 0) is 17.7 Å². The summed E-state index contributed by atoms with van der Waals surface area (Å²) in [5.74, 6) is -0.499. The third-order valence-electron chi connectivity index (χ3n) is 3.41. The van der Waals surface area contributed by atoms with Crippen LogP contribution in [0.1, 0.15) is 10.5 Å². The first-order valence-electron chi connectivity index (χ1n) is 6.95. The molecule has 0 aliphatic heterocycles. The van der Waals surface area contributed by atoms with Gasteiger partial charge in [0.2, 0.25) is 0 Å². The van der Waals surface area contributed by atoms with Gasteiger partial charge in [0.15, 0.2) is 5.69 Å². The lowest BCUT2D eigenvalue weighted by atomic mass is 9.97. The second-order valence-electron chi connectivity index (χ2n) is 4.81. The molecule has 0 radical (unpaired) electrons. The molecule has 0 fully saturated rings. The summed E-state index contributed by atoms with van der Waals surface area (Å²) in [5, 5.41) is 0.636. The number of rotatable bonds is 3. The summed E-state index contributed by atoms with van der Waals surface area (Å²) in [6, 6.07) is 16.8. The van der Waals surface area contributed by atoms with Gasteiger partial charge in [0.25, 0.3) is 0 Å². The van der Waals surface area contributed by atoms with Crippen molar-refractivity contribution in [1.29, 1.82) is 0 Å². The van der Waals surface area contributed by atoms with E-state index in [2.05, 4.69) is 9.97 Å². The normalized spacial score (nSPS) is 10.3. The molecule has 0 aliphatic rings. The summed E-state index contributed by atoms with van der Waals surface area (Å²) in [7, 11) is 1.33. The molecule has 3 aromatic rings. The number of benzene rings is 2. The highest BCUT2D eigenvalue weighted by Crippen LogP contribution is 2.33. The summed E-state index contributed by atoms with van der Waals surface area (Å²) in [5.41, 5.74) is 3.23. The van der Waals surface area contributed by atoms with Gasteiger partial charge in [-0.15, -0.1) is 0 Å². The number of aromatic nitrogens is 2. The number of nitrogens with zero attached hydrogens (tertiary/aromatic N) is 2. The second-order valence-corrected chi connectivity index (χ2v) is 5.25. The molecule has 0 atom stereocenters. The van der Waals surface area contributed by atoms with Crippen molar-refractivity contribution in [1.82, 2.24) is 9.97 Å². The fraction of sp³-hybridized carbons (Fsp3) is 0.0556. The Kier molecular flexibility index (Phi) is 4.35. The first-order chi connectivity index (χ1) is 11.2. The molecule has 114 valence electrons. The maximum Gasteiger partial charge on any atom is 0.357 e. The van der Waals surface area contributed by atoms with E-state index in [-0.39, 0.29) is 5.69 Å². The van der Waals surface area contributed by atoms with Gasteiger partial charge in [-0.25, -0.2) is 14.8 Å². The van der Waals surface area contributed by atoms with Gasteiger partial charge in [0, 0.05) is 16.1 Å². The van der Waals surface area contributed by atoms with E-state index in [1.54, 1.807) is 12.1 Å². The van der Waals surface area contributed by atoms with E-state index >= 15 is 0 Å². The van der Waals surface area contributed by atoms with Crippen molar-refractivity contribution in [2.45, 2.75) is 0 Å². The number of hydrogen-bond acceptors (Lipinski definition) is 4. The van der Waals surface area contributed by atoms with E-state index in [1.807, 2.05) is 42.5 Å². The standard InChI is InChI=1S/C18H13ClN2O2/c1-23-18(22)17-15(12-5-3-2-4-6-12)16(20-11-21-17)13-7-9-14(19)10-8-13/h2-11H,1H3. The van der Waals surface area contributed by atoms with Gasteiger partial charge in [-0.3, -0.25) is 0 Å². The summed E-state index contributed by atoms with van der Waals surface area (Å²) in [6.45, 7) is 0. The lowest BCUT2D eigenvalue weighted by molar-refractivity contribution is 0.0595. The molecule has 5 heteroatoms. The number of esters is 1. The van der Waals surface area contributed by atoms with Crippen molar-refractivity contribution >= 4 is 17.6 Å². The molecule has 1 aromatic heterocycles. The largest absolute Gasteiger partial charge is 0.464 e. The van der Waals surface area contributed by atoms with E-state index in [0.29, 0.717) is 16.3 Å². The Morgan fingerprint density at radius 3 is 2.30 bits per heavy atom.